The molecule has 1 N–H and O–H groups in total. The van der Waals surface area contributed by atoms with Crippen molar-refractivity contribution in [1.29, 1.82) is 0 Å². The lowest BCUT2D eigenvalue weighted by Crippen LogP contribution is -2.52. The van der Waals surface area contributed by atoms with Gasteiger partial charge >= 0.3 is 0 Å². The highest BCUT2D eigenvalue weighted by Crippen LogP contribution is 2.34. The molecule has 9 nitrogen and oxygen atoms in total. The van der Waals surface area contributed by atoms with E-state index in [1.54, 1.807) is 12.1 Å². The van der Waals surface area contributed by atoms with Crippen LogP contribution in [0.2, 0.25) is 0 Å². The van der Waals surface area contributed by atoms with Crippen LogP contribution in [0.25, 0.3) is 0 Å². The van der Waals surface area contributed by atoms with Crippen LogP contribution in [0.4, 0.5) is 5.69 Å². The van der Waals surface area contributed by atoms with Crippen LogP contribution in [0.5, 0.6) is 11.5 Å². The number of unbranched alkanes of at least 4 members (excludes halogenated alkanes) is 1. The number of rotatable bonds is 14. The van der Waals surface area contributed by atoms with E-state index in [9.17, 15) is 18.0 Å². The number of anilines is 1. The third-order valence-electron chi connectivity index (χ3n) is 5.75. The van der Waals surface area contributed by atoms with Crippen LogP contribution in [0, 0.1) is 0 Å². The zero-order valence-corrected chi connectivity index (χ0v) is 22.5. The van der Waals surface area contributed by atoms with Gasteiger partial charge in [-0.2, -0.15) is 0 Å². The third kappa shape index (κ3) is 7.87. The summed E-state index contributed by atoms with van der Waals surface area (Å²) in [6.45, 7) is 4.02. The average molecular weight is 520 g/mol. The normalized spacial score (nSPS) is 11.9. The van der Waals surface area contributed by atoms with Crippen molar-refractivity contribution < 1.29 is 27.5 Å². The van der Waals surface area contributed by atoms with Crippen LogP contribution in [0.1, 0.15) is 38.7 Å². The Morgan fingerprint density at radius 2 is 1.72 bits per heavy atom. The first-order valence-corrected chi connectivity index (χ1v) is 13.8. The smallest absolute Gasteiger partial charge is 0.244 e. The number of nitrogens with one attached hydrogen (secondary N) is 1. The number of nitrogens with zero attached hydrogens (tertiary/aromatic N) is 2. The number of sulfonamides is 1. The molecule has 0 saturated heterocycles. The summed E-state index contributed by atoms with van der Waals surface area (Å²) in [7, 11) is -1.01. The zero-order valence-electron chi connectivity index (χ0n) is 21.7. The highest BCUT2D eigenvalue weighted by molar-refractivity contribution is 7.92. The topological polar surface area (TPSA) is 105 Å². The standard InChI is InChI=1S/C26H37N3O6S/c1-6-8-16-27-26(31)22(7-2)28(18-20-12-10-9-11-13-20)25(30)19-29(36(5,32)33)23-17-21(34-3)14-15-24(23)35-4/h9-15,17,22H,6-8,16,18-19H2,1-5H3,(H,27,31)/t22-/m0/s1. The van der Waals surface area contributed by atoms with Crippen molar-refractivity contribution in [3.63, 3.8) is 0 Å². The predicted octanol–water partition coefficient (Wildman–Crippen LogP) is 3.19. The lowest BCUT2D eigenvalue weighted by atomic mass is 10.1. The molecule has 0 fully saturated rings. The van der Waals surface area contributed by atoms with Gasteiger partial charge < -0.3 is 19.7 Å². The monoisotopic (exact) mass is 519 g/mol. The molecule has 2 aromatic carbocycles. The quantitative estimate of drug-likeness (QED) is 0.385. The summed E-state index contributed by atoms with van der Waals surface area (Å²) in [5.41, 5.74) is 1.00. The Hall–Kier alpha value is -3.27. The Morgan fingerprint density at radius 1 is 1.03 bits per heavy atom. The van der Waals surface area contributed by atoms with E-state index in [4.69, 9.17) is 9.47 Å². The van der Waals surface area contributed by atoms with Gasteiger partial charge in [0.25, 0.3) is 0 Å². The van der Waals surface area contributed by atoms with Gasteiger partial charge in [-0.25, -0.2) is 8.42 Å². The van der Waals surface area contributed by atoms with Crippen LogP contribution in [0.3, 0.4) is 0 Å². The minimum absolute atomic E-state index is 0.159. The van der Waals surface area contributed by atoms with Crippen molar-refractivity contribution in [3.05, 3.63) is 54.1 Å². The van der Waals surface area contributed by atoms with E-state index < -0.39 is 28.5 Å². The summed E-state index contributed by atoms with van der Waals surface area (Å²) in [6.07, 6.45) is 3.15. The van der Waals surface area contributed by atoms with Gasteiger partial charge in [0.2, 0.25) is 21.8 Å². The average Bonchev–Trinajstić information content (AvgIpc) is 2.86. The van der Waals surface area contributed by atoms with Crippen molar-refractivity contribution in [2.75, 3.05) is 37.9 Å². The van der Waals surface area contributed by atoms with E-state index >= 15 is 0 Å². The molecule has 0 bridgehead atoms. The largest absolute Gasteiger partial charge is 0.497 e. The first-order chi connectivity index (χ1) is 17.2. The molecule has 0 unspecified atom stereocenters. The number of ether oxygens (including phenoxy) is 2. The first-order valence-electron chi connectivity index (χ1n) is 12.0. The summed E-state index contributed by atoms with van der Waals surface area (Å²) in [6, 6.07) is 13.3. The molecule has 1 atom stereocenters. The van der Waals surface area contributed by atoms with E-state index in [-0.39, 0.29) is 23.9 Å². The van der Waals surface area contributed by atoms with Crippen LogP contribution >= 0.6 is 0 Å². The molecule has 0 aliphatic carbocycles. The maximum atomic E-state index is 13.7. The van der Waals surface area contributed by atoms with Crippen LogP contribution in [-0.2, 0) is 26.2 Å². The minimum atomic E-state index is -3.90. The van der Waals surface area contributed by atoms with Crippen molar-refractivity contribution in [1.82, 2.24) is 10.2 Å². The molecule has 10 heteroatoms. The van der Waals surface area contributed by atoms with E-state index in [0.29, 0.717) is 18.7 Å². The summed E-state index contributed by atoms with van der Waals surface area (Å²) >= 11 is 0. The fourth-order valence-corrected chi connectivity index (χ4v) is 4.64. The second-order valence-corrected chi connectivity index (χ2v) is 10.3. The van der Waals surface area contributed by atoms with Gasteiger partial charge in [0.05, 0.1) is 26.2 Å². The molecule has 198 valence electrons. The molecule has 0 heterocycles. The Balaban J connectivity index is 2.46. The van der Waals surface area contributed by atoms with E-state index in [0.717, 1.165) is 29.0 Å². The van der Waals surface area contributed by atoms with E-state index in [1.807, 2.05) is 44.2 Å². The minimum Gasteiger partial charge on any atom is -0.497 e. The summed E-state index contributed by atoms with van der Waals surface area (Å²) in [5, 5.41) is 2.90. The van der Waals surface area contributed by atoms with Crippen molar-refractivity contribution in [2.45, 2.75) is 45.7 Å². The lowest BCUT2D eigenvalue weighted by molar-refractivity contribution is -0.140. The Kier molecular flexibility index (Phi) is 11.0. The molecule has 0 saturated carbocycles. The van der Waals surface area contributed by atoms with Crippen LogP contribution < -0.4 is 19.1 Å². The van der Waals surface area contributed by atoms with Gasteiger partial charge in [0.15, 0.2) is 0 Å². The van der Waals surface area contributed by atoms with Gasteiger partial charge in [0, 0.05) is 19.2 Å². The number of amides is 2. The molecule has 36 heavy (non-hydrogen) atoms. The molecule has 2 rings (SSSR count). The number of methoxy groups -OCH3 is 2. The second kappa shape index (κ2) is 13.7. The van der Waals surface area contributed by atoms with E-state index in [1.165, 1.54) is 25.2 Å². The van der Waals surface area contributed by atoms with E-state index in [2.05, 4.69) is 5.32 Å². The summed E-state index contributed by atoms with van der Waals surface area (Å²) in [5.74, 6) is -0.0884. The maximum Gasteiger partial charge on any atom is 0.244 e. The molecule has 0 aliphatic heterocycles. The lowest BCUT2D eigenvalue weighted by Gasteiger charge is -2.33. The molecule has 0 spiro atoms. The second-order valence-electron chi connectivity index (χ2n) is 8.38. The highest BCUT2D eigenvalue weighted by atomic mass is 32.2. The van der Waals surface area contributed by atoms with Gasteiger partial charge in [0.1, 0.15) is 24.1 Å². The first kappa shape index (κ1) is 29.0. The van der Waals surface area contributed by atoms with Gasteiger partial charge in [-0.1, -0.05) is 50.6 Å². The molecular formula is C26H37N3O6S. The van der Waals surface area contributed by atoms with Crippen molar-refractivity contribution in [3.8, 4) is 11.5 Å². The molecule has 2 amide bonds. The molecule has 0 radical (unpaired) electrons. The maximum absolute atomic E-state index is 13.7. The fourth-order valence-electron chi connectivity index (χ4n) is 3.79. The van der Waals surface area contributed by atoms with Crippen molar-refractivity contribution >= 4 is 27.5 Å². The van der Waals surface area contributed by atoms with Crippen LogP contribution in [-0.4, -0.2) is 64.7 Å². The Bertz CT molecular complexity index is 1110. The SMILES string of the molecule is CCCCNC(=O)[C@H](CC)N(Cc1ccccc1)C(=O)CN(c1cc(OC)ccc1OC)S(C)(=O)=O. The Morgan fingerprint density at radius 3 is 2.28 bits per heavy atom. The highest BCUT2D eigenvalue weighted by Gasteiger charge is 2.32. The molecule has 2 aromatic rings. The fraction of sp³-hybridized carbons (Fsp3) is 0.462. The predicted molar refractivity (Wildman–Crippen MR) is 141 cm³/mol. The summed E-state index contributed by atoms with van der Waals surface area (Å²) < 4.78 is 37.3. The molecule has 0 aromatic heterocycles. The zero-order chi connectivity index (χ0) is 26.7. The van der Waals surface area contributed by atoms with Gasteiger partial charge in [-0.05, 0) is 30.5 Å². The number of hydrogen-bond acceptors (Lipinski definition) is 6. The number of carbonyl (C=O) groups excluding carboxylic acids is 2. The Labute approximate surface area is 214 Å². The molecular weight excluding hydrogens is 482 g/mol. The number of carbonyl (C=O) groups is 2. The number of hydrogen-bond donors (Lipinski definition) is 1. The van der Waals surface area contributed by atoms with Gasteiger partial charge in [-0.15, -0.1) is 0 Å². The van der Waals surface area contributed by atoms with Crippen molar-refractivity contribution in [2.24, 2.45) is 0 Å². The summed E-state index contributed by atoms with van der Waals surface area (Å²) in [4.78, 5) is 28.2. The number of benzene rings is 2. The van der Waals surface area contributed by atoms with Gasteiger partial charge in [-0.3, -0.25) is 13.9 Å². The molecule has 0 aliphatic rings. The third-order valence-corrected chi connectivity index (χ3v) is 6.87. The van der Waals surface area contributed by atoms with Crippen LogP contribution in [0.15, 0.2) is 48.5 Å².